The first kappa shape index (κ1) is 14.1. The number of amides is 1. The molecule has 0 atom stereocenters. The molecule has 0 spiro atoms. The van der Waals surface area contributed by atoms with Crippen molar-refractivity contribution in [2.45, 2.75) is 11.4 Å². The Labute approximate surface area is 116 Å². The fourth-order valence-corrected chi connectivity index (χ4v) is 2.54. The predicted molar refractivity (Wildman–Crippen MR) is 74.8 cm³/mol. The molecule has 3 N–H and O–H groups in total. The van der Waals surface area contributed by atoms with E-state index in [-0.39, 0.29) is 23.0 Å². The number of carbonyl (C=O) groups is 1. The number of nitrogen functional groups attached to an aromatic ring is 1. The molecule has 0 fully saturated rings. The molecule has 1 amide bonds. The zero-order valence-corrected chi connectivity index (χ0v) is 11.6. The first-order valence-electron chi connectivity index (χ1n) is 5.73. The van der Waals surface area contributed by atoms with E-state index in [1.807, 2.05) is 0 Å². The molecule has 0 radical (unpaired) electrons. The number of rotatable bonds is 4. The maximum absolute atomic E-state index is 11.9. The molecule has 0 unspecified atom stereocenters. The van der Waals surface area contributed by atoms with E-state index in [9.17, 15) is 13.2 Å². The molecule has 7 nitrogen and oxygen atoms in total. The number of para-hydroxylation sites is 1. The number of nitrogens with one attached hydrogen (secondary N) is 1. The monoisotopic (exact) mass is 294 g/mol. The topological polar surface area (TPSA) is 107 Å². The number of hydrogen-bond donors (Lipinski definition) is 2. The molecule has 0 aliphatic carbocycles. The van der Waals surface area contributed by atoms with Crippen molar-refractivity contribution in [1.82, 2.24) is 9.78 Å². The normalized spacial score (nSPS) is 11.2. The maximum Gasteiger partial charge on any atom is 0.246 e. The minimum atomic E-state index is -3.40. The van der Waals surface area contributed by atoms with E-state index in [0.717, 1.165) is 6.26 Å². The summed E-state index contributed by atoms with van der Waals surface area (Å²) in [6.07, 6.45) is 4.03. The van der Waals surface area contributed by atoms with E-state index >= 15 is 0 Å². The SMILES string of the molecule is CS(=O)(=O)c1ccccc1NC(=O)Cn1cc(N)cn1. The molecule has 2 rings (SSSR count). The zero-order chi connectivity index (χ0) is 14.8. The third kappa shape index (κ3) is 3.35. The predicted octanol–water partition coefficient (Wildman–Crippen LogP) is 0.508. The molecule has 20 heavy (non-hydrogen) atoms. The molecule has 0 saturated heterocycles. The van der Waals surface area contributed by atoms with Crippen LogP contribution in [0.1, 0.15) is 0 Å². The van der Waals surface area contributed by atoms with Crippen LogP contribution in [0.4, 0.5) is 11.4 Å². The van der Waals surface area contributed by atoms with Crippen LogP contribution in [0.2, 0.25) is 0 Å². The highest BCUT2D eigenvalue weighted by Gasteiger charge is 2.14. The maximum atomic E-state index is 11.9. The quantitative estimate of drug-likeness (QED) is 0.854. The van der Waals surface area contributed by atoms with Gasteiger partial charge in [0.2, 0.25) is 5.91 Å². The molecule has 2 aromatic rings. The summed E-state index contributed by atoms with van der Waals surface area (Å²) in [6.45, 7) is -0.0463. The summed E-state index contributed by atoms with van der Waals surface area (Å²) >= 11 is 0. The van der Waals surface area contributed by atoms with Crippen molar-refractivity contribution in [3.8, 4) is 0 Å². The van der Waals surface area contributed by atoms with Gasteiger partial charge in [0.1, 0.15) is 6.54 Å². The Morgan fingerprint density at radius 3 is 2.70 bits per heavy atom. The number of nitrogens with zero attached hydrogens (tertiary/aromatic N) is 2. The van der Waals surface area contributed by atoms with Gasteiger partial charge in [-0.2, -0.15) is 5.10 Å². The van der Waals surface area contributed by atoms with E-state index in [0.29, 0.717) is 5.69 Å². The van der Waals surface area contributed by atoms with Gasteiger partial charge in [-0.3, -0.25) is 9.48 Å². The second kappa shape index (κ2) is 5.33. The Kier molecular flexibility index (Phi) is 3.75. The van der Waals surface area contributed by atoms with Crippen LogP contribution in [-0.4, -0.2) is 30.4 Å². The summed E-state index contributed by atoms with van der Waals surface area (Å²) < 4.78 is 24.6. The van der Waals surface area contributed by atoms with Crippen molar-refractivity contribution in [1.29, 1.82) is 0 Å². The number of benzene rings is 1. The van der Waals surface area contributed by atoms with Gasteiger partial charge >= 0.3 is 0 Å². The van der Waals surface area contributed by atoms with Gasteiger partial charge in [0.05, 0.1) is 22.5 Å². The molecule has 0 bridgehead atoms. The molecule has 1 aromatic heterocycles. The molecular formula is C12H14N4O3S. The smallest absolute Gasteiger partial charge is 0.246 e. The summed E-state index contributed by atoms with van der Waals surface area (Å²) in [7, 11) is -3.40. The van der Waals surface area contributed by atoms with Gasteiger partial charge in [-0.05, 0) is 12.1 Å². The van der Waals surface area contributed by atoms with Gasteiger partial charge in [-0.15, -0.1) is 0 Å². The first-order valence-corrected chi connectivity index (χ1v) is 7.62. The minimum absolute atomic E-state index is 0.0463. The number of hydrogen-bond acceptors (Lipinski definition) is 5. The number of carbonyl (C=O) groups excluding carboxylic acids is 1. The van der Waals surface area contributed by atoms with Gasteiger partial charge in [0.15, 0.2) is 9.84 Å². The van der Waals surface area contributed by atoms with Crippen LogP contribution in [0.25, 0.3) is 0 Å². The van der Waals surface area contributed by atoms with Crippen molar-refractivity contribution in [2.24, 2.45) is 0 Å². The van der Waals surface area contributed by atoms with Gasteiger partial charge in [0.25, 0.3) is 0 Å². The Bertz CT molecular complexity index is 737. The van der Waals surface area contributed by atoms with Crippen molar-refractivity contribution in [2.75, 3.05) is 17.3 Å². The Morgan fingerprint density at radius 1 is 1.40 bits per heavy atom. The molecule has 106 valence electrons. The molecule has 8 heteroatoms. The number of aromatic nitrogens is 2. The lowest BCUT2D eigenvalue weighted by atomic mass is 10.3. The van der Waals surface area contributed by atoms with Gasteiger partial charge in [-0.25, -0.2) is 8.42 Å². The molecular weight excluding hydrogens is 280 g/mol. The van der Waals surface area contributed by atoms with Crippen LogP contribution in [0, 0.1) is 0 Å². The van der Waals surface area contributed by atoms with E-state index < -0.39 is 9.84 Å². The second-order valence-corrected chi connectivity index (χ2v) is 6.27. The summed E-state index contributed by atoms with van der Waals surface area (Å²) in [6, 6.07) is 6.22. The number of sulfone groups is 1. The first-order chi connectivity index (χ1) is 9.36. The van der Waals surface area contributed by atoms with E-state index in [1.165, 1.54) is 29.2 Å². The van der Waals surface area contributed by atoms with Crippen LogP contribution in [0.15, 0.2) is 41.6 Å². The summed E-state index contributed by atoms with van der Waals surface area (Å²) in [5, 5.41) is 6.44. The highest BCUT2D eigenvalue weighted by Crippen LogP contribution is 2.20. The lowest BCUT2D eigenvalue weighted by molar-refractivity contribution is -0.116. The van der Waals surface area contributed by atoms with Gasteiger partial charge in [-0.1, -0.05) is 12.1 Å². The van der Waals surface area contributed by atoms with Crippen LogP contribution in [-0.2, 0) is 21.2 Å². The second-order valence-electron chi connectivity index (χ2n) is 4.29. The zero-order valence-electron chi connectivity index (χ0n) is 10.8. The standard InChI is InChI=1S/C12H14N4O3S/c1-20(18,19)11-5-3-2-4-10(11)15-12(17)8-16-7-9(13)6-14-16/h2-7H,8,13H2,1H3,(H,15,17). The molecule has 1 heterocycles. The van der Waals surface area contributed by atoms with Crippen molar-refractivity contribution >= 4 is 27.1 Å². The van der Waals surface area contributed by atoms with Crippen molar-refractivity contribution in [3.05, 3.63) is 36.7 Å². The third-order valence-electron chi connectivity index (χ3n) is 2.52. The number of nitrogens with two attached hydrogens (primary N) is 1. The van der Waals surface area contributed by atoms with Crippen LogP contribution in [0.5, 0.6) is 0 Å². The van der Waals surface area contributed by atoms with Crippen molar-refractivity contribution < 1.29 is 13.2 Å². The fraction of sp³-hybridized carbons (Fsp3) is 0.167. The molecule has 0 aliphatic heterocycles. The van der Waals surface area contributed by atoms with E-state index in [2.05, 4.69) is 10.4 Å². The largest absolute Gasteiger partial charge is 0.396 e. The number of anilines is 2. The summed E-state index contributed by atoms with van der Waals surface area (Å²) in [5.41, 5.74) is 6.20. The van der Waals surface area contributed by atoms with Gasteiger partial charge < -0.3 is 11.1 Å². The minimum Gasteiger partial charge on any atom is -0.396 e. The van der Waals surface area contributed by atoms with Gasteiger partial charge in [0, 0.05) is 12.5 Å². The van der Waals surface area contributed by atoms with Crippen molar-refractivity contribution in [3.63, 3.8) is 0 Å². The van der Waals surface area contributed by atoms with E-state index in [4.69, 9.17) is 5.73 Å². The third-order valence-corrected chi connectivity index (χ3v) is 3.67. The summed E-state index contributed by atoms with van der Waals surface area (Å²) in [4.78, 5) is 11.9. The average molecular weight is 294 g/mol. The van der Waals surface area contributed by atoms with Crippen LogP contribution >= 0.6 is 0 Å². The fourth-order valence-electron chi connectivity index (χ4n) is 1.70. The lowest BCUT2D eigenvalue weighted by Gasteiger charge is -2.09. The average Bonchev–Trinajstić information content (AvgIpc) is 2.73. The highest BCUT2D eigenvalue weighted by molar-refractivity contribution is 7.90. The lowest BCUT2D eigenvalue weighted by Crippen LogP contribution is -2.20. The summed E-state index contributed by atoms with van der Waals surface area (Å²) in [5.74, 6) is -0.385. The van der Waals surface area contributed by atoms with E-state index in [1.54, 1.807) is 12.1 Å². The van der Waals surface area contributed by atoms with Crippen LogP contribution in [0.3, 0.4) is 0 Å². The Balaban J connectivity index is 2.16. The highest BCUT2D eigenvalue weighted by atomic mass is 32.2. The van der Waals surface area contributed by atoms with Crippen LogP contribution < -0.4 is 11.1 Å². The molecule has 1 aromatic carbocycles. The molecule has 0 saturated carbocycles. The Morgan fingerprint density at radius 2 is 2.10 bits per heavy atom. The molecule has 0 aliphatic rings. The Hall–Kier alpha value is -2.35.